The molecular weight excluding hydrogens is 320 g/mol. The topological polar surface area (TPSA) is 88.9 Å². The minimum absolute atomic E-state index is 0.0200. The molecule has 1 N–H and O–H groups in total. The molecule has 1 amide bonds. The summed E-state index contributed by atoms with van der Waals surface area (Å²) in [4.78, 5) is 19.1. The summed E-state index contributed by atoms with van der Waals surface area (Å²) in [7, 11) is 1.66. The Labute approximate surface area is 144 Å². The molecule has 25 heavy (non-hydrogen) atoms. The number of nitrogens with zero attached hydrogens (tertiary/aromatic N) is 5. The van der Waals surface area contributed by atoms with Gasteiger partial charge < -0.3 is 9.64 Å². The molecule has 1 aliphatic rings. The van der Waals surface area contributed by atoms with Crippen LogP contribution in [0.15, 0.2) is 49.1 Å². The molecule has 1 saturated heterocycles. The lowest BCUT2D eigenvalue weighted by atomic mass is 10.1. The fourth-order valence-corrected chi connectivity index (χ4v) is 3.20. The summed E-state index contributed by atoms with van der Waals surface area (Å²) in [5.41, 5.74) is 1.45. The molecule has 1 aliphatic heterocycles. The van der Waals surface area contributed by atoms with Crippen LogP contribution in [0.2, 0.25) is 0 Å². The number of carbonyl (C=O) groups excluding carboxylic acids is 1. The van der Waals surface area contributed by atoms with Crippen molar-refractivity contribution in [3.05, 3.63) is 60.4 Å². The SMILES string of the molecule is CO[C@@H]1C[C@@H](c2ncn[nH]2)N(C(=O)c2cccc(-n3cccn3)c2)C1. The first-order valence-corrected chi connectivity index (χ1v) is 8.05. The fraction of sp³-hybridized carbons (Fsp3) is 0.294. The van der Waals surface area contributed by atoms with E-state index in [9.17, 15) is 4.79 Å². The highest BCUT2D eigenvalue weighted by molar-refractivity contribution is 5.95. The second-order valence-corrected chi connectivity index (χ2v) is 5.94. The molecule has 3 aromatic rings. The van der Waals surface area contributed by atoms with Crippen molar-refractivity contribution in [2.75, 3.05) is 13.7 Å². The Bertz CT molecular complexity index is 846. The zero-order valence-corrected chi connectivity index (χ0v) is 13.7. The number of carbonyl (C=O) groups is 1. The number of H-pyrrole nitrogens is 1. The van der Waals surface area contributed by atoms with Crippen molar-refractivity contribution in [2.24, 2.45) is 0 Å². The molecule has 0 aliphatic carbocycles. The predicted molar refractivity (Wildman–Crippen MR) is 89.1 cm³/mol. The number of aromatic amines is 1. The largest absolute Gasteiger partial charge is 0.380 e. The summed E-state index contributed by atoms with van der Waals surface area (Å²) in [6.07, 6.45) is 5.68. The summed E-state index contributed by atoms with van der Waals surface area (Å²) in [6, 6.07) is 9.10. The van der Waals surface area contributed by atoms with E-state index in [1.54, 1.807) is 22.9 Å². The quantitative estimate of drug-likeness (QED) is 0.780. The maximum absolute atomic E-state index is 13.1. The predicted octanol–water partition coefficient (Wildman–Crippen LogP) is 1.59. The first-order valence-electron chi connectivity index (χ1n) is 8.05. The van der Waals surface area contributed by atoms with Crippen LogP contribution in [-0.4, -0.2) is 55.5 Å². The zero-order chi connectivity index (χ0) is 17.2. The molecule has 0 bridgehead atoms. The summed E-state index contributed by atoms with van der Waals surface area (Å²) >= 11 is 0. The van der Waals surface area contributed by atoms with E-state index in [0.29, 0.717) is 24.4 Å². The molecule has 8 heteroatoms. The van der Waals surface area contributed by atoms with Gasteiger partial charge in [-0.2, -0.15) is 10.2 Å². The number of aromatic nitrogens is 5. The van der Waals surface area contributed by atoms with E-state index in [0.717, 1.165) is 5.69 Å². The van der Waals surface area contributed by atoms with Gasteiger partial charge in [0, 0.05) is 38.0 Å². The number of hydrogen-bond acceptors (Lipinski definition) is 5. The van der Waals surface area contributed by atoms with Gasteiger partial charge in [-0.1, -0.05) is 6.07 Å². The number of rotatable bonds is 4. The van der Waals surface area contributed by atoms with Crippen LogP contribution in [-0.2, 0) is 4.74 Å². The highest BCUT2D eigenvalue weighted by Gasteiger charge is 2.38. The van der Waals surface area contributed by atoms with E-state index >= 15 is 0 Å². The second-order valence-electron chi connectivity index (χ2n) is 5.94. The molecular formula is C17H18N6O2. The van der Waals surface area contributed by atoms with Gasteiger partial charge in [-0.15, -0.1) is 0 Å². The van der Waals surface area contributed by atoms with Crippen molar-refractivity contribution in [1.29, 1.82) is 0 Å². The number of methoxy groups -OCH3 is 1. The molecule has 8 nitrogen and oxygen atoms in total. The molecule has 1 fully saturated rings. The van der Waals surface area contributed by atoms with Crippen LogP contribution in [0.1, 0.15) is 28.6 Å². The van der Waals surface area contributed by atoms with Gasteiger partial charge in [0.25, 0.3) is 5.91 Å². The number of benzene rings is 1. The highest BCUT2D eigenvalue weighted by atomic mass is 16.5. The Hall–Kier alpha value is -3.00. The van der Waals surface area contributed by atoms with Gasteiger partial charge in [0.1, 0.15) is 12.2 Å². The molecule has 2 atom stereocenters. The fourth-order valence-electron chi connectivity index (χ4n) is 3.20. The molecule has 1 aromatic carbocycles. The van der Waals surface area contributed by atoms with Crippen LogP contribution in [0.4, 0.5) is 0 Å². The lowest BCUT2D eigenvalue weighted by molar-refractivity contribution is 0.0684. The van der Waals surface area contributed by atoms with Gasteiger partial charge in [-0.05, 0) is 24.3 Å². The number of likely N-dealkylation sites (tertiary alicyclic amines) is 1. The number of ether oxygens (including phenoxy) is 1. The Kier molecular flexibility index (Phi) is 4.02. The summed E-state index contributed by atoms with van der Waals surface area (Å²) in [5.74, 6) is 0.617. The van der Waals surface area contributed by atoms with Gasteiger partial charge in [0.05, 0.1) is 17.8 Å². The summed E-state index contributed by atoms with van der Waals surface area (Å²) in [5, 5.41) is 11.0. The number of hydrogen-bond donors (Lipinski definition) is 1. The van der Waals surface area contributed by atoms with E-state index in [-0.39, 0.29) is 18.1 Å². The van der Waals surface area contributed by atoms with Gasteiger partial charge in [-0.25, -0.2) is 9.67 Å². The Morgan fingerprint density at radius 3 is 3.00 bits per heavy atom. The number of nitrogens with one attached hydrogen (secondary N) is 1. The van der Waals surface area contributed by atoms with Crippen molar-refractivity contribution in [3.8, 4) is 5.69 Å². The van der Waals surface area contributed by atoms with Gasteiger partial charge in [0.2, 0.25) is 0 Å². The van der Waals surface area contributed by atoms with Crippen molar-refractivity contribution in [3.63, 3.8) is 0 Å². The van der Waals surface area contributed by atoms with Gasteiger partial charge in [0.15, 0.2) is 0 Å². The van der Waals surface area contributed by atoms with Crippen LogP contribution in [0.25, 0.3) is 5.69 Å². The number of amides is 1. The van der Waals surface area contributed by atoms with Crippen LogP contribution in [0, 0.1) is 0 Å². The monoisotopic (exact) mass is 338 g/mol. The molecule has 128 valence electrons. The maximum Gasteiger partial charge on any atom is 0.254 e. The van der Waals surface area contributed by atoms with E-state index in [2.05, 4.69) is 20.3 Å². The van der Waals surface area contributed by atoms with Crippen molar-refractivity contribution < 1.29 is 9.53 Å². The minimum Gasteiger partial charge on any atom is -0.380 e. The Morgan fingerprint density at radius 2 is 2.28 bits per heavy atom. The lowest BCUT2D eigenvalue weighted by Gasteiger charge is -2.23. The van der Waals surface area contributed by atoms with Crippen molar-refractivity contribution in [2.45, 2.75) is 18.6 Å². The minimum atomic E-state index is -0.173. The molecule has 0 unspecified atom stereocenters. The van der Waals surface area contributed by atoms with E-state index in [1.165, 1.54) is 6.33 Å². The zero-order valence-electron chi connectivity index (χ0n) is 13.7. The van der Waals surface area contributed by atoms with Crippen LogP contribution in [0.3, 0.4) is 0 Å². The molecule has 0 saturated carbocycles. The smallest absolute Gasteiger partial charge is 0.254 e. The molecule has 0 spiro atoms. The standard InChI is InChI=1S/C17H18N6O2/c1-25-14-9-15(16-18-11-19-21-16)22(10-14)17(24)12-4-2-5-13(8-12)23-7-3-6-20-23/h2-8,11,14-15H,9-10H2,1H3,(H,18,19,21)/t14-,15+/m1/s1. The van der Waals surface area contributed by atoms with Gasteiger partial charge >= 0.3 is 0 Å². The van der Waals surface area contributed by atoms with Crippen LogP contribution in [0.5, 0.6) is 0 Å². The van der Waals surface area contributed by atoms with Crippen molar-refractivity contribution >= 4 is 5.91 Å². The first-order chi connectivity index (χ1) is 12.3. The Balaban J connectivity index is 1.64. The summed E-state index contributed by atoms with van der Waals surface area (Å²) < 4.78 is 7.20. The Morgan fingerprint density at radius 1 is 1.36 bits per heavy atom. The summed E-state index contributed by atoms with van der Waals surface area (Å²) in [6.45, 7) is 0.521. The molecule has 4 rings (SSSR count). The van der Waals surface area contributed by atoms with Crippen LogP contribution >= 0.6 is 0 Å². The average Bonchev–Trinajstić information content (AvgIpc) is 3.42. The third-order valence-corrected chi connectivity index (χ3v) is 4.47. The average molecular weight is 338 g/mol. The van der Waals surface area contributed by atoms with Crippen LogP contribution < -0.4 is 0 Å². The maximum atomic E-state index is 13.1. The molecule has 3 heterocycles. The third-order valence-electron chi connectivity index (χ3n) is 4.47. The first kappa shape index (κ1) is 15.5. The van der Waals surface area contributed by atoms with E-state index < -0.39 is 0 Å². The lowest BCUT2D eigenvalue weighted by Crippen LogP contribution is -2.32. The van der Waals surface area contributed by atoms with E-state index in [4.69, 9.17) is 4.74 Å². The van der Waals surface area contributed by atoms with Crippen molar-refractivity contribution in [1.82, 2.24) is 29.9 Å². The highest BCUT2D eigenvalue weighted by Crippen LogP contribution is 2.32. The second kappa shape index (κ2) is 6.48. The van der Waals surface area contributed by atoms with Gasteiger partial charge in [-0.3, -0.25) is 9.89 Å². The molecule has 0 radical (unpaired) electrons. The molecule has 2 aromatic heterocycles. The van der Waals surface area contributed by atoms with E-state index in [1.807, 2.05) is 36.5 Å². The normalized spacial score (nSPS) is 20.1. The third kappa shape index (κ3) is 2.91.